The number of carbonyl (C=O) groups is 1. The first-order chi connectivity index (χ1) is 9.15. The molecular formula is C13H19NO5. The summed E-state index contributed by atoms with van der Waals surface area (Å²) in [5, 5.41) is 20.3. The topological polar surface area (TPSA) is 88.0 Å². The molecule has 6 heteroatoms. The average Bonchev–Trinajstić information content (AvgIpc) is 2.45. The summed E-state index contributed by atoms with van der Waals surface area (Å²) in [5.74, 6) is 0.621. The van der Waals surface area contributed by atoms with E-state index in [1.165, 1.54) is 7.11 Å². The summed E-state index contributed by atoms with van der Waals surface area (Å²) in [6.07, 6.45) is 0. The Labute approximate surface area is 112 Å². The highest BCUT2D eigenvalue weighted by atomic mass is 16.5. The molecule has 0 aliphatic heterocycles. The van der Waals surface area contributed by atoms with E-state index >= 15 is 0 Å². The minimum Gasteiger partial charge on any atom is -0.493 e. The molecule has 0 radical (unpaired) electrons. The van der Waals surface area contributed by atoms with Crippen molar-refractivity contribution in [2.24, 2.45) is 0 Å². The van der Waals surface area contributed by atoms with Crippen molar-refractivity contribution in [2.75, 3.05) is 26.9 Å². The van der Waals surface area contributed by atoms with Gasteiger partial charge in [-0.15, -0.1) is 0 Å². The fourth-order valence-corrected chi connectivity index (χ4v) is 1.50. The van der Waals surface area contributed by atoms with E-state index in [1.54, 1.807) is 18.2 Å². The molecule has 0 spiro atoms. The Balaban J connectivity index is 2.86. The lowest BCUT2D eigenvalue weighted by molar-refractivity contribution is 0.0879. The van der Waals surface area contributed by atoms with Crippen LogP contribution in [0.5, 0.6) is 11.5 Å². The van der Waals surface area contributed by atoms with Crippen LogP contribution in [0.1, 0.15) is 17.3 Å². The highest BCUT2D eigenvalue weighted by Crippen LogP contribution is 2.27. The van der Waals surface area contributed by atoms with Gasteiger partial charge in [0.15, 0.2) is 11.5 Å². The third-order valence-corrected chi connectivity index (χ3v) is 2.50. The van der Waals surface area contributed by atoms with Gasteiger partial charge in [-0.05, 0) is 25.1 Å². The standard InChI is InChI=1S/C13H19NO5/c1-3-19-11-5-4-9(6-12(11)18-2)13(17)14-10(7-15)8-16/h4-6,10,15-16H,3,7-8H2,1-2H3,(H,14,17). The van der Waals surface area contributed by atoms with Crippen LogP contribution in [0.3, 0.4) is 0 Å². The van der Waals surface area contributed by atoms with Crippen molar-refractivity contribution in [1.82, 2.24) is 5.32 Å². The van der Waals surface area contributed by atoms with Crippen LogP contribution in [-0.2, 0) is 0 Å². The molecule has 0 aliphatic rings. The second kappa shape index (κ2) is 7.60. The Morgan fingerprint density at radius 3 is 2.53 bits per heavy atom. The molecule has 0 heterocycles. The normalized spacial score (nSPS) is 10.4. The quantitative estimate of drug-likeness (QED) is 0.657. The smallest absolute Gasteiger partial charge is 0.251 e. The van der Waals surface area contributed by atoms with Gasteiger partial charge in [0.2, 0.25) is 0 Å². The SMILES string of the molecule is CCOc1ccc(C(=O)NC(CO)CO)cc1OC. The van der Waals surface area contributed by atoms with Gasteiger partial charge in [0, 0.05) is 5.56 Å². The Morgan fingerprint density at radius 2 is 2.00 bits per heavy atom. The highest BCUT2D eigenvalue weighted by Gasteiger charge is 2.14. The van der Waals surface area contributed by atoms with Crippen molar-refractivity contribution in [2.45, 2.75) is 13.0 Å². The maximum Gasteiger partial charge on any atom is 0.251 e. The molecule has 0 atom stereocenters. The highest BCUT2D eigenvalue weighted by molar-refractivity contribution is 5.95. The van der Waals surface area contributed by atoms with Gasteiger partial charge < -0.3 is 25.0 Å². The second-order valence-electron chi connectivity index (χ2n) is 3.83. The molecule has 6 nitrogen and oxygen atoms in total. The molecule has 19 heavy (non-hydrogen) atoms. The van der Waals surface area contributed by atoms with Crippen molar-refractivity contribution in [3.63, 3.8) is 0 Å². The fourth-order valence-electron chi connectivity index (χ4n) is 1.50. The summed E-state index contributed by atoms with van der Waals surface area (Å²) < 4.78 is 10.5. The summed E-state index contributed by atoms with van der Waals surface area (Å²) in [6.45, 7) is 1.71. The van der Waals surface area contributed by atoms with Crippen molar-refractivity contribution in [3.8, 4) is 11.5 Å². The van der Waals surface area contributed by atoms with Crippen molar-refractivity contribution in [3.05, 3.63) is 23.8 Å². The van der Waals surface area contributed by atoms with E-state index in [-0.39, 0.29) is 13.2 Å². The lowest BCUT2D eigenvalue weighted by Gasteiger charge is -2.14. The molecule has 0 bridgehead atoms. The van der Waals surface area contributed by atoms with Crippen LogP contribution < -0.4 is 14.8 Å². The number of hydrogen-bond acceptors (Lipinski definition) is 5. The van der Waals surface area contributed by atoms with Crippen LogP contribution in [0.25, 0.3) is 0 Å². The summed E-state index contributed by atoms with van der Waals surface area (Å²) in [5.41, 5.74) is 0.368. The molecule has 0 saturated carbocycles. The molecule has 1 aromatic carbocycles. The maximum absolute atomic E-state index is 11.9. The second-order valence-corrected chi connectivity index (χ2v) is 3.83. The molecule has 0 unspecified atom stereocenters. The van der Waals surface area contributed by atoms with Crippen LogP contribution >= 0.6 is 0 Å². The number of amides is 1. The average molecular weight is 269 g/mol. The van der Waals surface area contributed by atoms with E-state index < -0.39 is 11.9 Å². The summed E-state index contributed by atoms with van der Waals surface area (Å²) in [4.78, 5) is 11.9. The number of methoxy groups -OCH3 is 1. The summed E-state index contributed by atoms with van der Waals surface area (Å²) >= 11 is 0. The van der Waals surface area contributed by atoms with Gasteiger partial charge in [-0.1, -0.05) is 0 Å². The van der Waals surface area contributed by atoms with E-state index in [4.69, 9.17) is 19.7 Å². The zero-order valence-electron chi connectivity index (χ0n) is 11.0. The monoisotopic (exact) mass is 269 g/mol. The Morgan fingerprint density at radius 1 is 1.32 bits per heavy atom. The van der Waals surface area contributed by atoms with Crippen LogP contribution in [0.2, 0.25) is 0 Å². The molecule has 0 fully saturated rings. The van der Waals surface area contributed by atoms with Crippen LogP contribution in [0, 0.1) is 0 Å². The van der Waals surface area contributed by atoms with Gasteiger partial charge in [-0.2, -0.15) is 0 Å². The molecule has 106 valence electrons. The fraction of sp³-hybridized carbons (Fsp3) is 0.462. The van der Waals surface area contributed by atoms with Crippen LogP contribution in [-0.4, -0.2) is 49.1 Å². The van der Waals surface area contributed by atoms with Crippen LogP contribution in [0.4, 0.5) is 0 Å². The van der Waals surface area contributed by atoms with Gasteiger partial charge in [-0.25, -0.2) is 0 Å². The summed E-state index contributed by atoms with van der Waals surface area (Å²) in [7, 11) is 1.49. The van der Waals surface area contributed by atoms with Gasteiger partial charge >= 0.3 is 0 Å². The molecule has 1 aromatic rings. The van der Waals surface area contributed by atoms with Crippen molar-refractivity contribution >= 4 is 5.91 Å². The number of rotatable bonds is 7. The van der Waals surface area contributed by atoms with E-state index in [0.717, 1.165) is 0 Å². The van der Waals surface area contributed by atoms with Crippen molar-refractivity contribution in [1.29, 1.82) is 0 Å². The van der Waals surface area contributed by atoms with E-state index in [0.29, 0.717) is 23.7 Å². The Kier molecular flexibility index (Phi) is 6.11. The van der Waals surface area contributed by atoms with Gasteiger partial charge in [0.05, 0.1) is 33.0 Å². The molecule has 0 aromatic heterocycles. The molecule has 0 saturated heterocycles. The lowest BCUT2D eigenvalue weighted by Crippen LogP contribution is -2.40. The number of ether oxygens (including phenoxy) is 2. The Hall–Kier alpha value is -1.79. The number of aliphatic hydroxyl groups excluding tert-OH is 2. The molecule has 0 aliphatic carbocycles. The predicted molar refractivity (Wildman–Crippen MR) is 69.6 cm³/mol. The Bertz CT molecular complexity index is 417. The minimum atomic E-state index is -0.676. The number of carbonyl (C=O) groups excluding carboxylic acids is 1. The molecule has 1 rings (SSSR count). The van der Waals surface area contributed by atoms with Gasteiger partial charge in [0.1, 0.15) is 0 Å². The summed E-state index contributed by atoms with van der Waals surface area (Å²) in [6, 6.07) is 4.11. The zero-order chi connectivity index (χ0) is 14.3. The van der Waals surface area contributed by atoms with E-state index in [9.17, 15) is 4.79 Å². The number of hydrogen-bond donors (Lipinski definition) is 3. The molecule has 3 N–H and O–H groups in total. The first-order valence-electron chi connectivity index (χ1n) is 5.99. The maximum atomic E-state index is 11.9. The minimum absolute atomic E-state index is 0.323. The predicted octanol–water partition coefficient (Wildman–Crippen LogP) is 0.177. The van der Waals surface area contributed by atoms with Crippen LogP contribution in [0.15, 0.2) is 18.2 Å². The lowest BCUT2D eigenvalue weighted by atomic mass is 10.1. The van der Waals surface area contributed by atoms with Crippen molar-refractivity contribution < 1.29 is 24.5 Å². The number of nitrogens with one attached hydrogen (secondary N) is 1. The third-order valence-electron chi connectivity index (χ3n) is 2.50. The number of benzene rings is 1. The third kappa shape index (κ3) is 4.11. The first-order valence-corrected chi connectivity index (χ1v) is 5.99. The van der Waals surface area contributed by atoms with Gasteiger partial charge in [0.25, 0.3) is 5.91 Å². The van der Waals surface area contributed by atoms with E-state index in [2.05, 4.69) is 5.32 Å². The van der Waals surface area contributed by atoms with Gasteiger partial charge in [-0.3, -0.25) is 4.79 Å². The molecular weight excluding hydrogens is 250 g/mol. The first kappa shape index (κ1) is 15.3. The molecule has 1 amide bonds. The zero-order valence-corrected chi connectivity index (χ0v) is 11.0. The number of aliphatic hydroxyl groups is 2. The van der Waals surface area contributed by atoms with E-state index in [1.807, 2.05) is 6.92 Å². The largest absolute Gasteiger partial charge is 0.493 e.